The monoisotopic (exact) mass is 241 g/mol. The molecule has 3 N–H and O–H groups in total. The van der Waals surface area contributed by atoms with Crippen molar-refractivity contribution in [3.63, 3.8) is 0 Å². The van der Waals surface area contributed by atoms with Crippen molar-refractivity contribution in [1.82, 2.24) is 0 Å². The highest BCUT2D eigenvalue weighted by molar-refractivity contribution is 5.40. The van der Waals surface area contributed by atoms with Crippen LogP contribution in [0.1, 0.15) is 28.4 Å². The molecule has 0 aliphatic rings. The molecule has 18 heavy (non-hydrogen) atoms. The molecule has 2 aromatic carbocycles. The minimum Gasteiger partial charge on any atom is -0.399 e. The second-order valence-corrected chi connectivity index (χ2v) is 4.82. The molecule has 0 aliphatic carbocycles. The van der Waals surface area contributed by atoms with E-state index in [-0.39, 0.29) is 0 Å². The zero-order chi connectivity index (χ0) is 13.1. The van der Waals surface area contributed by atoms with Gasteiger partial charge < -0.3 is 10.8 Å². The Hall–Kier alpha value is -1.80. The Morgan fingerprint density at radius 2 is 1.72 bits per heavy atom. The van der Waals surface area contributed by atoms with Crippen LogP contribution in [0.25, 0.3) is 0 Å². The van der Waals surface area contributed by atoms with Crippen molar-refractivity contribution >= 4 is 5.69 Å². The number of hydrogen-bond acceptors (Lipinski definition) is 2. The topological polar surface area (TPSA) is 46.2 Å². The Balaban J connectivity index is 2.18. The van der Waals surface area contributed by atoms with Crippen molar-refractivity contribution in [2.75, 3.05) is 5.73 Å². The summed E-state index contributed by atoms with van der Waals surface area (Å²) in [7, 11) is 0. The fourth-order valence-corrected chi connectivity index (χ4v) is 2.06. The molecule has 2 rings (SSSR count). The molecule has 0 bridgehead atoms. The average molecular weight is 241 g/mol. The number of hydrogen-bond donors (Lipinski definition) is 2. The lowest BCUT2D eigenvalue weighted by Gasteiger charge is -2.13. The molecule has 0 saturated heterocycles. The molecule has 0 saturated carbocycles. The van der Waals surface area contributed by atoms with Gasteiger partial charge in [-0.15, -0.1) is 0 Å². The van der Waals surface area contributed by atoms with E-state index < -0.39 is 6.10 Å². The fraction of sp³-hybridized carbons (Fsp3) is 0.250. The highest BCUT2D eigenvalue weighted by Crippen LogP contribution is 2.22. The predicted octanol–water partition coefficient (Wildman–Crippen LogP) is 3.16. The molecule has 0 aromatic heterocycles. The van der Waals surface area contributed by atoms with Gasteiger partial charge in [0.2, 0.25) is 0 Å². The third kappa shape index (κ3) is 2.90. The van der Waals surface area contributed by atoms with Gasteiger partial charge in [0.15, 0.2) is 0 Å². The zero-order valence-electron chi connectivity index (χ0n) is 10.9. The van der Waals surface area contributed by atoms with Gasteiger partial charge in [-0.25, -0.2) is 0 Å². The number of aliphatic hydroxyl groups excluding tert-OH is 1. The second-order valence-electron chi connectivity index (χ2n) is 4.82. The van der Waals surface area contributed by atoms with Crippen molar-refractivity contribution in [3.05, 3.63) is 64.7 Å². The van der Waals surface area contributed by atoms with E-state index >= 15 is 0 Å². The summed E-state index contributed by atoms with van der Waals surface area (Å²) in [4.78, 5) is 0. The quantitative estimate of drug-likeness (QED) is 0.811. The van der Waals surface area contributed by atoms with Gasteiger partial charge in [0.1, 0.15) is 0 Å². The summed E-state index contributed by atoms with van der Waals surface area (Å²) >= 11 is 0. The van der Waals surface area contributed by atoms with E-state index in [4.69, 9.17) is 5.73 Å². The molecule has 0 fully saturated rings. The summed E-state index contributed by atoms with van der Waals surface area (Å²) in [5.41, 5.74) is 10.9. The van der Waals surface area contributed by atoms with Gasteiger partial charge in [-0.3, -0.25) is 0 Å². The molecule has 94 valence electrons. The van der Waals surface area contributed by atoms with Crippen LogP contribution in [-0.2, 0) is 6.42 Å². The number of benzene rings is 2. The van der Waals surface area contributed by atoms with E-state index in [0.29, 0.717) is 6.42 Å². The average Bonchev–Trinajstić information content (AvgIpc) is 2.34. The number of aryl methyl sites for hydroxylation is 2. The first-order chi connectivity index (χ1) is 8.56. The van der Waals surface area contributed by atoms with Gasteiger partial charge in [-0.1, -0.05) is 35.9 Å². The van der Waals surface area contributed by atoms with Crippen LogP contribution in [0.2, 0.25) is 0 Å². The predicted molar refractivity (Wildman–Crippen MR) is 75.4 cm³/mol. The van der Waals surface area contributed by atoms with E-state index in [2.05, 4.69) is 32.0 Å². The Labute approximate surface area is 108 Å². The van der Waals surface area contributed by atoms with Crippen LogP contribution in [0, 0.1) is 13.8 Å². The Bertz CT molecular complexity index is 531. The van der Waals surface area contributed by atoms with E-state index in [9.17, 15) is 5.11 Å². The zero-order valence-corrected chi connectivity index (χ0v) is 10.9. The first-order valence-electron chi connectivity index (χ1n) is 6.16. The summed E-state index contributed by atoms with van der Waals surface area (Å²) in [5.74, 6) is 0. The molecule has 1 unspecified atom stereocenters. The molecule has 0 aliphatic heterocycles. The third-order valence-electron chi connectivity index (χ3n) is 3.24. The molecule has 0 spiro atoms. The maximum atomic E-state index is 10.2. The van der Waals surface area contributed by atoms with Crippen LogP contribution in [0.5, 0.6) is 0 Å². The van der Waals surface area contributed by atoms with Gasteiger partial charge >= 0.3 is 0 Å². The van der Waals surface area contributed by atoms with Crippen molar-refractivity contribution in [2.45, 2.75) is 26.4 Å². The van der Waals surface area contributed by atoms with Gasteiger partial charge in [0.25, 0.3) is 0 Å². The summed E-state index contributed by atoms with van der Waals surface area (Å²) in [6, 6.07) is 13.7. The van der Waals surface area contributed by atoms with Crippen LogP contribution < -0.4 is 5.73 Å². The molecule has 0 amide bonds. The van der Waals surface area contributed by atoms with Crippen molar-refractivity contribution in [1.29, 1.82) is 0 Å². The second kappa shape index (κ2) is 5.23. The standard InChI is InChI=1S/C16H19NO/c1-11-3-4-12(2)14(9-11)10-16(18)13-5-7-15(17)8-6-13/h3-9,16,18H,10,17H2,1-2H3. The highest BCUT2D eigenvalue weighted by atomic mass is 16.3. The SMILES string of the molecule is Cc1ccc(C)c(CC(O)c2ccc(N)cc2)c1. The van der Waals surface area contributed by atoms with E-state index in [1.54, 1.807) is 0 Å². The molecule has 2 aromatic rings. The lowest BCUT2D eigenvalue weighted by Crippen LogP contribution is -2.03. The number of nitrogens with two attached hydrogens (primary N) is 1. The first kappa shape index (κ1) is 12.7. The number of rotatable bonds is 3. The van der Waals surface area contributed by atoms with Gasteiger partial charge in [-0.05, 0) is 42.7 Å². The van der Waals surface area contributed by atoms with Crippen molar-refractivity contribution in [3.8, 4) is 0 Å². The Morgan fingerprint density at radius 3 is 2.39 bits per heavy atom. The highest BCUT2D eigenvalue weighted by Gasteiger charge is 2.10. The van der Waals surface area contributed by atoms with E-state index in [1.165, 1.54) is 16.7 Å². The van der Waals surface area contributed by atoms with Gasteiger partial charge in [0.05, 0.1) is 6.10 Å². The number of aliphatic hydroxyl groups is 1. The fourth-order valence-electron chi connectivity index (χ4n) is 2.06. The van der Waals surface area contributed by atoms with E-state index in [0.717, 1.165) is 11.3 Å². The summed E-state index contributed by atoms with van der Waals surface area (Å²) in [5, 5.41) is 10.2. The minimum atomic E-state index is -0.480. The smallest absolute Gasteiger partial charge is 0.0830 e. The van der Waals surface area contributed by atoms with Crippen molar-refractivity contribution < 1.29 is 5.11 Å². The van der Waals surface area contributed by atoms with Crippen LogP contribution in [0.3, 0.4) is 0 Å². The summed E-state index contributed by atoms with van der Waals surface area (Å²) < 4.78 is 0. The number of nitrogen functional groups attached to an aromatic ring is 1. The molecule has 2 heteroatoms. The molecule has 0 radical (unpaired) electrons. The molecular weight excluding hydrogens is 222 g/mol. The molecule has 1 atom stereocenters. The van der Waals surface area contributed by atoms with Crippen LogP contribution in [0.15, 0.2) is 42.5 Å². The molecule has 2 nitrogen and oxygen atoms in total. The largest absolute Gasteiger partial charge is 0.399 e. The Kier molecular flexibility index (Phi) is 3.68. The van der Waals surface area contributed by atoms with Gasteiger partial charge in [-0.2, -0.15) is 0 Å². The van der Waals surface area contributed by atoms with Crippen LogP contribution in [-0.4, -0.2) is 5.11 Å². The minimum absolute atomic E-state index is 0.480. The maximum absolute atomic E-state index is 10.2. The van der Waals surface area contributed by atoms with Crippen LogP contribution in [0.4, 0.5) is 5.69 Å². The van der Waals surface area contributed by atoms with Crippen molar-refractivity contribution in [2.24, 2.45) is 0 Å². The normalized spacial score (nSPS) is 12.4. The first-order valence-corrected chi connectivity index (χ1v) is 6.16. The lowest BCUT2D eigenvalue weighted by molar-refractivity contribution is 0.178. The summed E-state index contributed by atoms with van der Waals surface area (Å²) in [6.07, 6.45) is 0.156. The number of anilines is 1. The molecular formula is C16H19NO. The third-order valence-corrected chi connectivity index (χ3v) is 3.24. The molecule has 0 heterocycles. The Morgan fingerprint density at radius 1 is 1.06 bits per heavy atom. The van der Waals surface area contributed by atoms with Gasteiger partial charge in [0, 0.05) is 12.1 Å². The maximum Gasteiger partial charge on any atom is 0.0830 e. The van der Waals surface area contributed by atoms with Crippen LogP contribution >= 0.6 is 0 Å². The lowest BCUT2D eigenvalue weighted by atomic mass is 9.96. The summed E-state index contributed by atoms with van der Waals surface area (Å²) in [6.45, 7) is 4.14. The van der Waals surface area contributed by atoms with E-state index in [1.807, 2.05) is 24.3 Å².